The van der Waals surface area contributed by atoms with Crippen LogP contribution in [0.5, 0.6) is 11.5 Å². The topological polar surface area (TPSA) is 57.5 Å². The van der Waals surface area contributed by atoms with Crippen LogP contribution in [0, 0.1) is 0 Å². The summed E-state index contributed by atoms with van der Waals surface area (Å²) in [6, 6.07) is 1.61. The fraction of sp³-hybridized carbons (Fsp3) is 0.533. The number of phenols is 2. The van der Waals surface area contributed by atoms with Gasteiger partial charge in [0.2, 0.25) is 0 Å². The van der Waals surface area contributed by atoms with Gasteiger partial charge in [0.15, 0.2) is 17.8 Å². The Kier molecular flexibility index (Phi) is 2.69. The van der Waals surface area contributed by atoms with Crippen LogP contribution in [0.25, 0.3) is 0 Å². The first-order valence-electron chi connectivity index (χ1n) is 6.26. The minimum absolute atomic E-state index is 0.0895. The Morgan fingerprint density at radius 3 is 2.22 bits per heavy atom. The van der Waals surface area contributed by atoms with Crippen molar-refractivity contribution in [1.29, 1.82) is 0 Å². The van der Waals surface area contributed by atoms with Crippen LogP contribution in [0.2, 0.25) is 0 Å². The second kappa shape index (κ2) is 3.74. The standard InChI is InChI=1S/C15H20O3/c1-14(2)5-6-15(3,4)12-9(8-16)13(18)11(17)7-10(12)14/h7-8,17-18H,5-6H2,1-4H3. The number of carbonyl (C=O) groups excluding carboxylic acids is 1. The van der Waals surface area contributed by atoms with Crippen molar-refractivity contribution in [2.45, 2.75) is 51.4 Å². The molecule has 0 aliphatic heterocycles. The molecule has 1 aliphatic carbocycles. The molecule has 18 heavy (non-hydrogen) atoms. The third-order valence-electron chi connectivity index (χ3n) is 4.22. The van der Waals surface area contributed by atoms with Crippen LogP contribution in [0.15, 0.2) is 6.07 Å². The zero-order chi connectivity index (χ0) is 13.7. The van der Waals surface area contributed by atoms with Gasteiger partial charge in [0.1, 0.15) is 0 Å². The van der Waals surface area contributed by atoms with Crippen molar-refractivity contribution < 1.29 is 15.0 Å². The highest BCUT2D eigenvalue weighted by Crippen LogP contribution is 2.50. The SMILES string of the molecule is CC1(C)CCC(C)(C)c2c1cc(O)c(O)c2C=O. The molecule has 98 valence electrons. The van der Waals surface area contributed by atoms with Crippen LogP contribution in [0.4, 0.5) is 0 Å². The molecule has 3 nitrogen and oxygen atoms in total. The number of hydrogen-bond acceptors (Lipinski definition) is 3. The van der Waals surface area contributed by atoms with Crippen LogP contribution in [-0.2, 0) is 10.8 Å². The number of aromatic hydroxyl groups is 2. The molecular formula is C15H20O3. The molecule has 0 fully saturated rings. The van der Waals surface area contributed by atoms with Crippen molar-refractivity contribution in [1.82, 2.24) is 0 Å². The highest BCUT2D eigenvalue weighted by molar-refractivity contribution is 5.85. The maximum atomic E-state index is 11.3. The minimum atomic E-state index is -0.297. The number of fused-ring (bicyclic) bond motifs is 1. The van der Waals surface area contributed by atoms with E-state index in [2.05, 4.69) is 27.7 Å². The molecule has 0 bridgehead atoms. The summed E-state index contributed by atoms with van der Waals surface area (Å²) in [7, 11) is 0. The van der Waals surface area contributed by atoms with Gasteiger partial charge in [-0.15, -0.1) is 0 Å². The molecule has 0 amide bonds. The van der Waals surface area contributed by atoms with E-state index in [1.807, 2.05) is 0 Å². The van der Waals surface area contributed by atoms with Crippen LogP contribution in [0.3, 0.4) is 0 Å². The van der Waals surface area contributed by atoms with Gasteiger partial charge in [-0.05, 0) is 40.9 Å². The van der Waals surface area contributed by atoms with E-state index in [1.54, 1.807) is 6.07 Å². The van der Waals surface area contributed by atoms with Gasteiger partial charge in [0.25, 0.3) is 0 Å². The number of aldehydes is 1. The summed E-state index contributed by atoms with van der Waals surface area (Å²) in [4.78, 5) is 11.3. The fourth-order valence-corrected chi connectivity index (χ4v) is 2.94. The summed E-state index contributed by atoms with van der Waals surface area (Å²) in [6.45, 7) is 8.35. The number of hydrogen-bond donors (Lipinski definition) is 2. The summed E-state index contributed by atoms with van der Waals surface area (Å²) < 4.78 is 0. The normalized spacial score (nSPS) is 20.2. The van der Waals surface area contributed by atoms with Gasteiger partial charge in [0, 0.05) is 0 Å². The van der Waals surface area contributed by atoms with Gasteiger partial charge in [0.05, 0.1) is 5.56 Å². The van der Waals surface area contributed by atoms with Gasteiger partial charge in [-0.1, -0.05) is 27.7 Å². The lowest BCUT2D eigenvalue weighted by molar-refractivity contribution is 0.111. The molecule has 0 spiro atoms. The summed E-state index contributed by atoms with van der Waals surface area (Å²) in [6.07, 6.45) is 2.60. The first kappa shape index (κ1) is 12.9. The van der Waals surface area contributed by atoms with E-state index in [-0.39, 0.29) is 27.9 Å². The van der Waals surface area contributed by atoms with Crippen LogP contribution in [0.1, 0.15) is 62.0 Å². The lowest BCUT2D eigenvalue weighted by atomic mass is 9.62. The van der Waals surface area contributed by atoms with Gasteiger partial charge in [-0.25, -0.2) is 0 Å². The lowest BCUT2D eigenvalue weighted by Gasteiger charge is -2.42. The predicted molar refractivity (Wildman–Crippen MR) is 70.4 cm³/mol. The van der Waals surface area contributed by atoms with E-state index in [0.717, 1.165) is 24.0 Å². The molecule has 1 aliphatic rings. The molecule has 0 radical (unpaired) electrons. The highest BCUT2D eigenvalue weighted by Gasteiger charge is 2.40. The number of carbonyl (C=O) groups is 1. The summed E-state index contributed by atoms with van der Waals surface area (Å²) in [5.41, 5.74) is 1.84. The van der Waals surface area contributed by atoms with E-state index < -0.39 is 0 Å². The Morgan fingerprint density at radius 2 is 1.67 bits per heavy atom. The lowest BCUT2D eigenvalue weighted by Crippen LogP contribution is -2.35. The molecule has 0 unspecified atom stereocenters. The average molecular weight is 248 g/mol. The van der Waals surface area contributed by atoms with Crippen molar-refractivity contribution in [2.24, 2.45) is 0 Å². The van der Waals surface area contributed by atoms with Crippen molar-refractivity contribution in [2.75, 3.05) is 0 Å². The van der Waals surface area contributed by atoms with E-state index in [0.29, 0.717) is 6.29 Å². The quantitative estimate of drug-likeness (QED) is 0.592. The first-order chi connectivity index (χ1) is 8.20. The second-order valence-corrected chi connectivity index (χ2v) is 6.47. The number of benzene rings is 1. The molecular weight excluding hydrogens is 228 g/mol. The molecule has 1 aromatic rings. The molecule has 0 aromatic heterocycles. The molecule has 1 aromatic carbocycles. The molecule has 0 saturated carbocycles. The molecule has 0 heterocycles. The van der Waals surface area contributed by atoms with Crippen LogP contribution < -0.4 is 0 Å². The summed E-state index contributed by atoms with van der Waals surface area (Å²) in [5.74, 6) is -0.504. The van der Waals surface area contributed by atoms with E-state index >= 15 is 0 Å². The highest BCUT2D eigenvalue weighted by atomic mass is 16.3. The molecule has 2 N–H and O–H groups in total. The molecule has 2 rings (SSSR count). The zero-order valence-corrected chi connectivity index (χ0v) is 11.4. The van der Waals surface area contributed by atoms with Crippen molar-refractivity contribution in [3.8, 4) is 11.5 Å². The predicted octanol–water partition coefficient (Wildman–Crippen LogP) is 3.26. The molecule has 0 saturated heterocycles. The first-order valence-corrected chi connectivity index (χ1v) is 6.26. The summed E-state index contributed by atoms with van der Waals surface area (Å²) >= 11 is 0. The van der Waals surface area contributed by atoms with Gasteiger partial charge in [-0.3, -0.25) is 4.79 Å². The van der Waals surface area contributed by atoms with Gasteiger partial charge >= 0.3 is 0 Å². The third-order valence-corrected chi connectivity index (χ3v) is 4.22. The van der Waals surface area contributed by atoms with E-state index in [4.69, 9.17) is 0 Å². The molecule has 0 atom stereocenters. The Labute approximate surface area is 107 Å². The molecule has 3 heteroatoms. The number of rotatable bonds is 1. The Bertz CT molecular complexity index is 513. The van der Waals surface area contributed by atoms with Crippen LogP contribution >= 0.6 is 0 Å². The van der Waals surface area contributed by atoms with E-state index in [9.17, 15) is 15.0 Å². The maximum Gasteiger partial charge on any atom is 0.168 e. The van der Waals surface area contributed by atoms with E-state index in [1.165, 1.54) is 0 Å². The van der Waals surface area contributed by atoms with Crippen molar-refractivity contribution in [3.05, 3.63) is 22.8 Å². The van der Waals surface area contributed by atoms with Crippen molar-refractivity contribution in [3.63, 3.8) is 0 Å². The second-order valence-electron chi connectivity index (χ2n) is 6.47. The fourth-order valence-electron chi connectivity index (χ4n) is 2.94. The minimum Gasteiger partial charge on any atom is -0.504 e. The van der Waals surface area contributed by atoms with Gasteiger partial charge < -0.3 is 10.2 Å². The zero-order valence-electron chi connectivity index (χ0n) is 11.4. The number of phenolic OH excluding ortho intramolecular Hbond substituents is 2. The Hall–Kier alpha value is -1.51. The van der Waals surface area contributed by atoms with Crippen molar-refractivity contribution >= 4 is 6.29 Å². The maximum absolute atomic E-state index is 11.3. The Morgan fingerprint density at radius 1 is 1.11 bits per heavy atom. The van der Waals surface area contributed by atoms with Gasteiger partial charge in [-0.2, -0.15) is 0 Å². The monoisotopic (exact) mass is 248 g/mol. The average Bonchev–Trinajstić information content (AvgIpc) is 2.27. The largest absolute Gasteiger partial charge is 0.504 e. The summed E-state index contributed by atoms with van der Waals surface area (Å²) in [5, 5.41) is 19.7. The Balaban J connectivity index is 2.87. The van der Waals surface area contributed by atoms with Crippen LogP contribution in [-0.4, -0.2) is 16.5 Å². The smallest absolute Gasteiger partial charge is 0.168 e. The third kappa shape index (κ3) is 1.69.